The van der Waals surface area contributed by atoms with E-state index in [1.54, 1.807) is 0 Å². The molecule has 0 radical (unpaired) electrons. The number of esters is 2. The second-order valence-electron chi connectivity index (χ2n) is 9.96. The number of hydrogen-bond acceptors (Lipinski definition) is 6. The van der Waals surface area contributed by atoms with E-state index in [4.69, 9.17) is 9.47 Å². The minimum Gasteiger partial charge on any atom is -0.466 e. The highest BCUT2D eigenvalue weighted by atomic mass is 16.5. The first-order valence-electron chi connectivity index (χ1n) is 11.1. The second-order valence-corrected chi connectivity index (χ2v) is 9.96. The number of rotatable bonds is 5. The molecule has 164 valence electrons. The molecule has 1 N–H and O–H groups in total. The lowest BCUT2D eigenvalue weighted by molar-refractivity contribution is -0.177. The fourth-order valence-electron chi connectivity index (χ4n) is 6.59. The predicted molar refractivity (Wildman–Crippen MR) is 107 cm³/mol. The van der Waals surface area contributed by atoms with Crippen LogP contribution < -0.4 is 0 Å². The minimum absolute atomic E-state index is 0.0652. The van der Waals surface area contributed by atoms with Crippen molar-refractivity contribution in [3.8, 4) is 0 Å². The molecule has 0 amide bonds. The Kier molecular flexibility index (Phi) is 6.42. The second kappa shape index (κ2) is 8.37. The van der Waals surface area contributed by atoms with Gasteiger partial charge >= 0.3 is 11.9 Å². The summed E-state index contributed by atoms with van der Waals surface area (Å²) < 4.78 is 11.1. The van der Waals surface area contributed by atoms with Gasteiger partial charge in [0, 0.05) is 37.5 Å². The summed E-state index contributed by atoms with van der Waals surface area (Å²) >= 11 is 0. The van der Waals surface area contributed by atoms with Gasteiger partial charge < -0.3 is 14.6 Å². The van der Waals surface area contributed by atoms with Crippen molar-refractivity contribution < 1.29 is 29.0 Å². The van der Waals surface area contributed by atoms with Crippen LogP contribution in [0.2, 0.25) is 0 Å². The molecule has 0 aliphatic heterocycles. The highest BCUT2D eigenvalue weighted by Crippen LogP contribution is 2.60. The molecule has 29 heavy (non-hydrogen) atoms. The van der Waals surface area contributed by atoms with Crippen LogP contribution in [-0.4, -0.2) is 41.6 Å². The summed E-state index contributed by atoms with van der Waals surface area (Å²) in [6, 6.07) is 0. The molecule has 3 aliphatic carbocycles. The zero-order valence-corrected chi connectivity index (χ0v) is 18.2. The van der Waals surface area contributed by atoms with E-state index < -0.39 is 5.41 Å². The van der Waals surface area contributed by atoms with E-state index >= 15 is 0 Å². The third kappa shape index (κ3) is 4.23. The fourth-order valence-corrected chi connectivity index (χ4v) is 6.59. The monoisotopic (exact) mass is 408 g/mol. The molecule has 3 saturated carbocycles. The molecule has 0 aromatic carbocycles. The molecule has 7 atom stereocenters. The number of aliphatic hydroxyl groups is 1. The SMILES string of the molecule is CC(=O)OCC[C@H]1C[C@@H](O)CC[C@]1(C)C1CC[C@]2(C)C(=O)CCC2[C@@H]1OC(C)=O. The van der Waals surface area contributed by atoms with E-state index in [0.29, 0.717) is 31.7 Å². The summed E-state index contributed by atoms with van der Waals surface area (Å²) in [5.74, 6) is 0.0998. The Morgan fingerprint density at radius 2 is 1.79 bits per heavy atom. The van der Waals surface area contributed by atoms with Gasteiger partial charge in [0.25, 0.3) is 0 Å². The molecule has 0 bridgehead atoms. The lowest BCUT2D eigenvalue weighted by Gasteiger charge is -2.55. The van der Waals surface area contributed by atoms with Gasteiger partial charge in [-0.3, -0.25) is 14.4 Å². The van der Waals surface area contributed by atoms with Gasteiger partial charge in [-0.05, 0) is 56.3 Å². The number of ketones is 1. The topological polar surface area (TPSA) is 89.9 Å². The Hall–Kier alpha value is -1.43. The van der Waals surface area contributed by atoms with E-state index in [2.05, 4.69) is 6.92 Å². The van der Waals surface area contributed by atoms with Crippen LogP contribution in [0, 0.1) is 28.6 Å². The van der Waals surface area contributed by atoms with Crippen molar-refractivity contribution in [2.75, 3.05) is 6.61 Å². The molecule has 6 nitrogen and oxygen atoms in total. The van der Waals surface area contributed by atoms with Crippen molar-refractivity contribution >= 4 is 17.7 Å². The largest absolute Gasteiger partial charge is 0.466 e. The van der Waals surface area contributed by atoms with Crippen molar-refractivity contribution in [1.82, 2.24) is 0 Å². The summed E-state index contributed by atoms with van der Waals surface area (Å²) in [7, 11) is 0. The third-order valence-corrected chi connectivity index (χ3v) is 8.33. The number of aliphatic hydroxyl groups excluding tert-OH is 1. The fraction of sp³-hybridized carbons (Fsp3) is 0.870. The molecule has 0 aromatic heterocycles. The van der Waals surface area contributed by atoms with E-state index in [-0.39, 0.29) is 47.3 Å². The van der Waals surface area contributed by atoms with Crippen LogP contribution in [0.25, 0.3) is 0 Å². The Bertz CT molecular complexity index is 660. The van der Waals surface area contributed by atoms with Gasteiger partial charge in [-0.1, -0.05) is 13.8 Å². The first-order valence-corrected chi connectivity index (χ1v) is 11.1. The van der Waals surface area contributed by atoms with Crippen molar-refractivity contribution in [1.29, 1.82) is 0 Å². The molecule has 3 fully saturated rings. The summed E-state index contributed by atoms with van der Waals surface area (Å²) in [4.78, 5) is 35.8. The van der Waals surface area contributed by atoms with E-state index in [1.165, 1.54) is 13.8 Å². The average molecular weight is 409 g/mol. The highest BCUT2D eigenvalue weighted by Gasteiger charge is 2.59. The molecule has 0 heterocycles. The van der Waals surface area contributed by atoms with Gasteiger partial charge in [0.2, 0.25) is 0 Å². The van der Waals surface area contributed by atoms with Crippen molar-refractivity contribution in [3.63, 3.8) is 0 Å². The van der Waals surface area contributed by atoms with Gasteiger partial charge in [0.05, 0.1) is 12.7 Å². The van der Waals surface area contributed by atoms with Crippen molar-refractivity contribution in [2.24, 2.45) is 28.6 Å². The number of fused-ring (bicyclic) bond motifs is 1. The van der Waals surface area contributed by atoms with Crippen LogP contribution in [-0.2, 0) is 23.9 Å². The maximum absolute atomic E-state index is 12.6. The zero-order chi connectivity index (χ0) is 21.4. The molecule has 0 spiro atoms. The van der Waals surface area contributed by atoms with Gasteiger partial charge in [0.15, 0.2) is 0 Å². The molecule has 3 rings (SSSR count). The minimum atomic E-state index is -0.394. The number of carbonyl (C=O) groups excluding carboxylic acids is 3. The molecule has 2 unspecified atom stereocenters. The third-order valence-electron chi connectivity index (χ3n) is 8.33. The predicted octanol–water partition coefficient (Wildman–Crippen LogP) is 3.43. The first-order chi connectivity index (χ1) is 13.6. The van der Waals surface area contributed by atoms with Gasteiger partial charge in [0.1, 0.15) is 11.9 Å². The van der Waals surface area contributed by atoms with Crippen LogP contribution in [0.5, 0.6) is 0 Å². The van der Waals surface area contributed by atoms with Gasteiger partial charge in [-0.25, -0.2) is 0 Å². The Morgan fingerprint density at radius 3 is 2.45 bits per heavy atom. The molecule has 0 aromatic rings. The van der Waals surface area contributed by atoms with Crippen molar-refractivity contribution in [3.05, 3.63) is 0 Å². The summed E-state index contributed by atoms with van der Waals surface area (Å²) in [5, 5.41) is 10.3. The number of ether oxygens (including phenoxy) is 2. The van der Waals surface area contributed by atoms with Gasteiger partial charge in [-0.2, -0.15) is 0 Å². The van der Waals surface area contributed by atoms with Crippen LogP contribution in [0.4, 0.5) is 0 Å². The Morgan fingerprint density at radius 1 is 1.07 bits per heavy atom. The van der Waals surface area contributed by atoms with Gasteiger partial charge in [-0.15, -0.1) is 0 Å². The summed E-state index contributed by atoms with van der Waals surface area (Å²) in [6.07, 6.45) is 5.33. The average Bonchev–Trinajstić information content (AvgIpc) is 2.93. The summed E-state index contributed by atoms with van der Waals surface area (Å²) in [5.41, 5.74) is -0.527. The van der Waals surface area contributed by atoms with Crippen LogP contribution in [0.3, 0.4) is 0 Å². The van der Waals surface area contributed by atoms with E-state index in [9.17, 15) is 19.5 Å². The number of carbonyl (C=O) groups is 3. The lowest BCUT2D eigenvalue weighted by Crippen LogP contribution is -2.55. The molecular weight excluding hydrogens is 372 g/mol. The maximum atomic E-state index is 12.6. The normalized spacial score (nSPS) is 42.2. The Labute approximate surface area is 173 Å². The molecule has 3 aliphatic rings. The standard InChI is InChI=1S/C23H36O6/c1-14(24)28-12-9-16-13-17(26)7-10-22(16,3)19-8-11-23(4)18(5-6-20(23)27)21(19)29-15(2)25/h16-19,21,26H,5-13H2,1-4H3/t16-,17-,18?,19?,21-,22-,23-/m0/s1. The number of Topliss-reactive ketones (excluding diaryl/α,β-unsaturated/α-hetero) is 1. The number of hydrogen-bond donors (Lipinski definition) is 1. The molecule has 6 heteroatoms. The van der Waals surface area contributed by atoms with Crippen LogP contribution >= 0.6 is 0 Å². The Balaban J connectivity index is 1.88. The quantitative estimate of drug-likeness (QED) is 0.701. The summed E-state index contributed by atoms with van der Waals surface area (Å²) in [6.45, 7) is 7.49. The lowest BCUT2D eigenvalue weighted by atomic mass is 9.51. The zero-order valence-electron chi connectivity index (χ0n) is 18.2. The maximum Gasteiger partial charge on any atom is 0.302 e. The molecular formula is C23H36O6. The van der Waals surface area contributed by atoms with Crippen LogP contribution in [0.1, 0.15) is 79.1 Å². The van der Waals surface area contributed by atoms with E-state index in [1.807, 2.05) is 6.92 Å². The van der Waals surface area contributed by atoms with E-state index in [0.717, 1.165) is 32.1 Å². The highest BCUT2D eigenvalue weighted by molar-refractivity contribution is 5.87. The smallest absolute Gasteiger partial charge is 0.302 e. The molecule has 0 saturated heterocycles. The van der Waals surface area contributed by atoms with Crippen molar-refractivity contribution in [2.45, 2.75) is 91.3 Å². The van der Waals surface area contributed by atoms with Crippen LogP contribution in [0.15, 0.2) is 0 Å². The first kappa shape index (κ1) is 22.3.